The van der Waals surface area contributed by atoms with Gasteiger partial charge in [-0.2, -0.15) is 4.98 Å². The lowest BCUT2D eigenvalue weighted by atomic mass is 10.1. The van der Waals surface area contributed by atoms with Crippen LogP contribution in [0.4, 0.5) is 0 Å². The third-order valence-electron chi connectivity index (χ3n) is 4.55. The van der Waals surface area contributed by atoms with Crippen molar-refractivity contribution in [3.05, 3.63) is 65.0 Å². The molecule has 148 valence electrons. The molecule has 0 amide bonds. The molecular weight excluding hydrogens is 406 g/mol. The summed E-state index contributed by atoms with van der Waals surface area (Å²) in [5, 5.41) is 14.3. The third kappa shape index (κ3) is 4.36. The fraction of sp³-hybridized carbons (Fsp3) is 0.238. The molecule has 4 rings (SSSR count). The van der Waals surface area contributed by atoms with E-state index in [2.05, 4.69) is 50.9 Å². The monoisotopic (exact) mass is 425 g/mol. The van der Waals surface area contributed by atoms with Crippen LogP contribution in [0.25, 0.3) is 22.8 Å². The van der Waals surface area contributed by atoms with Crippen LogP contribution in [-0.2, 0) is 18.7 Å². The number of aryl methyl sites for hydroxylation is 1. The molecule has 0 atom stereocenters. The van der Waals surface area contributed by atoms with E-state index in [9.17, 15) is 0 Å². The van der Waals surface area contributed by atoms with E-state index in [1.54, 1.807) is 0 Å². The highest BCUT2D eigenvalue weighted by molar-refractivity contribution is 7.98. The Balaban J connectivity index is 1.48. The Labute approximate surface area is 178 Å². The molecule has 8 heteroatoms. The first kappa shape index (κ1) is 19.7. The Hall–Kier alpha value is -2.64. The van der Waals surface area contributed by atoms with Gasteiger partial charge in [0.15, 0.2) is 11.0 Å². The molecule has 0 spiro atoms. The zero-order chi connectivity index (χ0) is 20.2. The van der Waals surface area contributed by atoms with Gasteiger partial charge < -0.3 is 9.09 Å². The Kier molecular flexibility index (Phi) is 5.97. The highest BCUT2D eigenvalue weighted by atomic mass is 35.5. The molecule has 6 nitrogen and oxygen atoms in total. The van der Waals surface area contributed by atoms with Crippen LogP contribution in [0.2, 0.25) is 5.02 Å². The summed E-state index contributed by atoms with van der Waals surface area (Å²) in [5.41, 5.74) is 3.21. The Morgan fingerprint density at radius 3 is 2.38 bits per heavy atom. The number of halogens is 1. The normalized spacial score (nSPS) is 11.1. The topological polar surface area (TPSA) is 69.6 Å². The van der Waals surface area contributed by atoms with Crippen LogP contribution in [0.3, 0.4) is 0 Å². The van der Waals surface area contributed by atoms with E-state index >= 15 is 0 Å². The second-order valence-electron chi connectivity index (χ2n) is 6.41. The first-order valence-electron chi connectivity index (χ1n) is 9.41. The minimum absolute atomic E-state index is 0.527. The van der Waals surface area contributed by atoms with Gasteiger partial charge in [0.25, 0.3) is 0 Å². The molecule has 2 aromatic heterocycles. The van der Waals surface area contributed by atoms with Crippen LogP contribution < -0.4 is 0 Å². The van der Waals surface area contributed by atoms with Gasteiger partial charge in [0.1, 0.15) is 0 Å². The van der Waals surface area contributed by atoms with Crippen LogP contribution in [-0.4, -0.2) is 24.9 Å². The largest absolute Gasteiger partial charge is 0.338 e. The van der Waals surface area contributed by atoms with Gasteiger partial charge in [0.05, 0.1) is 5.75 Å². The van der Waals surface area contributed by atoms with E-state index in [0.717, 1.165) is 35.1 Å². The first-order chi connectivity index (χ1) is 14.2. The maximum atomic E-state index is 5.99. The van der Waals surface area contributed by atoms with Gasteiger partial charge >= 0.3 is 0 Å². The SMILES string of the molecule is CCc1ccc(-c2noc(CSc3nnc(-c4ccc(Cl)cc4)n3CC)n2)cc1. The maximum Gasteiger partial charge on any atom is 0.237 e. The average molecular weight is 426 g/mol. The zero-order valence-corrected chi connectivity index (χ0v) is 17.7. The summed E-state index contributed by atoms with van der Waals surface area (Å²) in [6, 6.07) is 15.8. The van der Waals surface area contributed by atoms with Gasteiger partial charge in [-0.1, -0.05) is 59.7 Å². The Bertz CT molecular complexity index is 1090. The van der Waals surface area contributed by atoms with E-state index in [-0.39, 0.29) is 0 Å². The van der Waals surface area contributed by atoms with E-state index in [0.29, 0.717) is 22.5 Å². The van der Waals surface area contributed by atoms with E-state index in [4.69, 9.17) is 16.1 Å². The highest BCUT2D eigenvalue weighted by Crippen LogP contribution is 2.27. The van der Waals surface area contributed by atoms with Crippen LogP contribution in [0.5, 0.6) is 0 Å². The molecule has 0 saturated carbocycles. The molecular formula is C21H20ClN5OS. The predicted octanol–water partition coefficient (Wildman–Crippen LogP) is 5.52. The van der Waals surface area contributed by atoms with Crippen molar-refractivity contribution < 1.29 is 4.52 Å². The van der Waals surface area contributed by atoms with Crippen LogP contribution in [0.1, 0.15) is 25.3 Å². The maximum absolute atomic E-state index is 5.99. The van der Waals surface area contributed by atoms with Crippen molar-refractivity contribution in [2.24, 2.45) is 0 Å². The number of hydrogen-bond donors (Lipinski definition) is 0. The molecule has 2 aromatic carbocycles. The van der Waals surface area contributed by atoms with E-state index in [1.165, 1.54) is 17.3 Å². The highest BCUT2D eigenvalue weighted by Gasteiger charge is 2.15. The molecule has 0 aliphatic rings. The molecule has 29 heavy (non-hydrogen) atoms. The first-order valence-corrected chi connectivity index (χ1v) is 10.8. The standard InChI is InChI=1S/C21H20ClN5OS/c1-3-14-5-7-15(8-6-14)19-23-18(28-26-19)13-29-21-25-24-20(27(21)4-2)16-9-11-17(22)12-10-16/h5-12H,3-4,13H2,1-2H3. The number of hydrogen-bond acceptors (Lipinski definition) is 6. The van der Waals surface area contributed by atoms with Gasteiger partial charge in [-0.15, -0.1) is 10.2 Å². The van der Waals surface area contributed by atoms with Crippen molar-refractivity contribution in [2.45, 2.75) is 37.7 Å². The zero-order valence-electron chi connectivity index (χ0n) is 16.2. The molecule has 4 aromatic rings. The molecule has 0 unspecified atom stereocenters. The number of aromatic nitrogens is 5. The van der Waals surface area contributed by atoms with Crippen molar-refractivity contribution >= 4 is 23.4 Å². The van der Waals surface area contributed by atoms with Crippen LogP contribution >= 0.6 is 23.4 Å². The number of thioether (sulfide) groups is 1. The Morgan fingerprint density at radius 2 is 1.69 bits per heavy atom. The van der Waals surface area contributed by atoms with Crippen LogP contribution in [0.15, 0.2) is 58.2 Å². The summed E-state index contributed by atoms with van der Waals surface area (Å²) in [4.78, 5) is 4.51. The van der Waals surface area contributed by atoms with E-state index in [1.807, 2.05) is 36.4 Å². The summed E-state index contributed by atoms with van der Waals surface area (Å²) < 4.78 is 7.49. The van der Waals surface area contributed by atoms with Crippen LogP contribution in [0, 0.1) is 0 Å². The quantitative estimate of drug-likeness (QED) is 0.363. The molecule has 0 aliphatic carbocycles. The van der Waals surface area contributed by atoms with Gasteiger partial charge in [-0.3, -0.25) is 0 Å². The third-order valence-corrected chi connectivity index (χ3v) is 5.75. The molecule has 0 aliphatic heterocycles. The van der Waals surface area contributed by atoms with Gasteiger partial charge in [-0.05, 0) is 43.2 Å². The minimum atomic E-state index is 0.527. The fourth-order valence-electron chi connectivity index (χ4n) is 2.94. The smallest absolute Gasteiger partial charge is 0.237 e. The second kappa shape index (κ2) is 8.80. The Morgan fingerprint density at radius 1 is 0.966 bits per heavy atom. The molecule has 0 N–H and O–H groups in total. The summed E-state index contributed by atoms with van der Waals surface area (Å²) in [6.45, 7) is 4.95. The summed E-state index contributed by atoms with van der Waals surface area (Å²) in [6.07, 6.45) is 1.00. The lowest BCUT2D eigenvalue weighted by Gasteiger charge is -2.06. The summed E-state index contributed by atoms with van der Waals surface area (Å²) in [7, 11) is 0. The van der Waals surface area contributed by atoms with Crippen molar-refractivity contribution in [1.29, 1.82) is 0 Å². The van der Waals surface area contributed by atoms with Crippen molar-refractivity contribution in [2.75, 3.05) is 0 Å². The van der Waals surface area contributed by atoms with Gasteiger partial charge in [-0.25, -0.2) is 0 Å². The molecule has 0 saturated heterocycles. The molecule has 0 radical (unpaired) electrons. The number of benzene rings is 2. The number of rotatable bonds is 7. The molecule has 0 bridgehead atoms. The molecule has 0 fully saturated rings. The van der Waals surface area contributed by atoms with Crippen molar-refractivity contribution in [1.82, 2.24) is 24.9 Å². The minimum Gasteiger partial charge on any atom is -0.338 e. The fourth-order valence-corrected chi connectivity index (χ4v) is 3.91. The predicted molar refractivity (Wildman–Crippen MR) is 115 cm³/mol. The summed E-state index contributed by atoms with van der Waals surface area (Å²) >= 11 is 7.51. The van der Waals surface area contributed by atoms with Gasteiger partial charge in [0, 0.05) is 22.7 Å². The number of nitrogens with zero attached hydrogens (tertiary/aromatic N) is 5. The average Bonchev–Trinajstić information content (AvgIpc) is 3.39. The van der Waals surface area contributed by atoms with Crippen molar-refractivity contribution in [3.63, 3.8) is 0 Å². The second-order valence-corrected chi connectivity index (χ2v) is 7.79. The van der Waals surface area contributed by atoms with E-state index < -0.39 is 0 Å². The lowest BCUT2D eigenvalue weighted by Crippen LogP contribution is -1.99. The lowest BCUT2D eigenvalue weighted by molar-refractivity contribution is 0.391. The molecule has 2 heterocycles. The van der Waals surface area contributed by atoms with Gasteiger partial charge in [0.2, 0.25) is 11.7 Å². The summed E-state index contributed by atoms with van der Waals surface area (Å²) in [5.74, 6) is 2.50. The van der Waals surface area contributed by atoms with Crippen molar-refractivity contribution in [3.8, 4) is 22.8 Å².